The van der Waals surface area contributed by atoms with Crippen molar-refractivity contribution in [3.05, 3.63) is 47.0 Å². The summed E-state index contributed by atoms with van der Waals surface area (Å²) in [7, 11) is -2.64. The fourth-order valence-corrected chi connectivity index (χ4v) is 4.37. The van der Waals surface area contributed by atoms with Gasteiger partial charge in [-0.25, -0.2) is 9.80 Å². The Morgan fingerprint density at radius 1 is 1.21 bits per heavy atom. The standard InChI is InChI=1S/C16H20N2O2.C8H14N2O3S/c1-3-15-13(2)11-18(16(15)20)17(12-19)10-9-14-7-5-4-6-8-14;1-6-2-4-7(5-3-6)9-8(11)10-14(12)13/h4-8,12H,3,9-11H2,1-2H3;6-7H,2-5H2,1H3,(H,9,11). The molecular weight excluding hydrogens is 456 g/mol. The third-order valence-electron chi connectivity index (χ3n) is 6.15. The quantitative estimate of drug-likeness (QED) is 0.587. The summed E-state index contributed by atoms with van der Waals surface area (Å²) in [5.74, 6) is 0.666. The van der Waals surface area contributed by atoms with Gasteiger partial charge in [-0.1, -0.05) is 48.5 Å². The highest BCUT2D eigenvalue weighted by Gasteiger charge is 2.30. The summed E-state index contributed by atoms with van der Waals surface area (Å²) >= 11 is 0. The zero-order chi connectivity index (χ0) is 25.1. The number of carbonyl (C=O) groups is 3. The van der Waals surface area contributed by atoms with E-state index in [1.807, 2.05) is 44.2 Å². The van der Waals surface area contributed by atoms with Gasteiger partial charge in [0.1, 0.15) is 0 Å². The zero-order valence-corrected chi connectivity index (χ0v) is 20.9. The monoisotopic (exact) mass is 490 g/mol. The summed E-state index contributed by atoms with van der Waals surface area (Å²) in [5, 5.41) is 5.61. The summed E-state index contributed by atoms with van der Waals surface area (Å²) in [6.07, 6.45) is 6.17. The molecular formula is C24H34N4O5S. The van der Waals surface area contributed by atoms with Crippen LogP contribution >= 0.6 is 0 Å². The molecule has 186 valence electrons. The number of nitrogens with zero attached hydrogens (tertiary/aromatic N) is 3. The van der Waals surface area contributed by atoms with Gasteiger partial charge in [-0.15, -0.1) is 0 Å². The van der Waals surface area contributed by atoms with Crippen LogP contribution in [0.2, 0.25) is 0 Å². The van der Waals surface area contributed by atoms with Crippen LogP contribution in [-0.4, -0.2) is 55.9 Å². The third-order valence-corrected chi connectivity index (χ3v) is 6.47. The molecule has 0 unspecified atom stereocenters. The SMILES string of the molecule is CC1CCC(NC(=O)N=S(=O)=O)CC1.CCC1=C(C)CN(N(C=O)CCc2ccccc2)C1=O. The lowest BCUT2D eigenvalue weighted by molar-refractivity contribution is -0.150. The number of hydrazine groups is 1. The lowest BCUT2D eigenvalue weighted by Crippen LogP contribution is -2.44. The van der Waals surface area contributed by atoms with Crippen LogP contribution in [0.3, 0.4) is 0 Å². The van der Waals surface area contributed by atoms with Gasteiger partial charge in [0.15, 0.2) is 0 Å². The number of rotatable bonds is 7. The molecule has 1 heterocycles. The van der Waals surface area contributed by atoms with Gasteiger partial charge in [-0.3, -0.25) is 14.6 Å². The van der Waals surface area contributed by atoms with Crippen molar-refractivity contribution in [3.8, 4) is 0 Å². The Morgan fingerprint density at radius 2 is 1.85 bits per heavy atom. The molecule has 0 aromatic heterocycles. The van der Waals surface area contributed by atoms with Crippen LogP contribution in [0.15, 0.2) is 45.8 Å². The maximum absolute atomic E-state index is 12.2. The maximum atomic E-state index is 12.2. The molecule has 4 amide bonds. The highest BCUT2D eigenvalue weighted by Crippen LogP contribution is 2.23. The Morgan fingerprint density at radius 3 is 2.38 bits per heavy atom. The Kier molecular flexibility index (Phi) is 10.9. The van der Waals surface area contributed by atoms with Gasteiger partial charge in [0.25, 0.3) is 5.91 Å². The van der Waals surface area contributed by atoms with Crippen LogP contribution < -0.4 is 5.32 Å². The van der Waals surface area contributed by atoms with Gasteiger partial charge in [-0.05, 0) is 62.5 Å². The van der Waals surface area contributed by atoms with E-state index in [2.05, 4.69) is 16.6 Å². The molecule has 0 bridgehead atoms. The number of carbonyl (C=O) groups excluding carboxylic acids is 3. The van der Waals surface area contributed by atoms with E-state index in [1.165, 1.54) is 5.01 Å². The first-order valence-electron chi connectivity index (χ1n) is 11.6. The second-order valence-electron chi connectivity index (χ2n) is 8.69. The van der Waals surface area contributed by atoms with E-state index in [0.29, 0.717) is 25.4 Å². The van der Waals surface area contributed by atoms with Crippen molar-refractivity contribution in [1.29, 1.82) is 0 Å². The number of benzene rings is 1. The highest BCUT2D eigenvalue weighted by atomic mass is 32.2. The highest BCUT2D eigenvalue weighted by molar-refractivity contribution is 7.62. The van der Waals surface area contributed by atoms with Crippen LogP contribution in [0.4, 0.5) is 4.79 Å². The minimum atomic E-state index is -2.64. The molecule has 1 fully saturated rings. The molecule has 0 atom stereocenters. The van der Waals surface area contributed by atoms with Crippen LogP contribution in [-0.2, 0) is 26.5 Å². The van der Waals surface area contributed by atoms with Gasteiger partial charge in [0, 0.05) is 18.2 Å². The number of urea groups is 1. The minimum Gasteiger partial charge on any atom is -0.333 e. The molecule has 9 nitrogen and oxygen atoms in total. The molecule has 3 rings (SSSR count). The van der Waals surface area contributed by atoms with Gasteiger partial charge in [0.2, 0.25) is 6.41 Å². The molecule has 1 aromatic rings. The number of hydrogen-bond donors (Lipinski definition) is 1. The van der Waals surface area contributed by atoms with E-state index in [1.54, 1.807) is 5.01 Å². The molecule has 0 spiro atoms. The molecule has 10 heteroatoms. The van der Waals surface area contributed by atoms with Crippen molar-refractivity contribution in [3.63, 3.8) is 0 Å². The van der Waals surface area contributed by atoms with E-state index >= 15 is 0 Å². The van der Waals surface area contributed by atoms with Crippen molar-refractivity contribution in [2.24, 2.45) is 10.3 Å². The second-order valence-corrected chi connectivity index (χ2v) is 9.31. The first kappa shape index (κ1) is 27.2. The zero-order valence-electron chi connectivity index (χ0n) is 20.1. The Hall–Kier alpha value is -3.01. The van der Waals surface area contributed by atoms with E-state index in [4.69, 9.17) is 0 Å². The second kappa shape index (κ2) is 13.6. The summed E-state index contributed by atoms with van der Waals surface area (Å²) in [6.45, 7) is 7.14. The average Bonchev–Trinajstić information content (AvgIpc) is 3.09. The van der Waals surface area contributed by atoms with Crippen LogP contribution in [0.1, 0.15) is 58.4 Å². The molecule has 2 aliphatic rings. The van der Waals surface area contributed by atoms with E-state index in [9.17, 15) is 22.8 Å². The first-order valence-corrected chi connectivity index (χ1v) is 12.7. The smallest absolute Gasteiger partial charge is 0.333 e. The van der Waals surface area contributed by atoms with E-state index < -0.39 is 16.5 Å². The van der Waals surface area contributed by atoms with Crippen LogP contribution in [0, 0.1) is 5.92 Å². The predicted molar refractivity (Wildman–Crippen MR) is 129 cm³/mol. The van der Waals surface area contributed by atoms with Crippen molar-refractivity contribution < 1.29 is 22.8 Å². The molecule has 1 aliphatic carbocycles. The van der Waals surface area contributed by atoms with Crippen molar-refractivity contribution >= 4 is 28.8 Å². The van der Waals surface area contributed by atoms with Crippen molar-refractivity contribution in [2.45, 2.75) is 65.3 Å². The van der Waals surface area contributed by atoms with Crippen molar-refractivity contribution in [2.75, 3.05) is 13.1 Å². The van der Waals surface area contributed by atoms with E-state index in [-0.39, 0.29) is 11.9 Å². The maximum Gasteiger partial charge on any atom is 0.356 e. The molecule has 34 heavy (non-hydrogen) atoms. The third kappa shape index (κ3) is 8.40. The molecule has 1 aromatic carbocycles. The Bertz CT molecular complexity index is 1010. The summed E-state index contributed by atoms with van der Waals surface area (Å²) < 4.78 is 23.0. The van der Waals surface area contributed by atoms with E-state index in [0.717, 1.165) is 55.2 Å². The summed E-state index contributed by atoms with van der Waals surface area (Å²) in [6, 6.07) is 9.30. The summed E-state index contributed by atoms with van der Waals surface area (Å²) in [4.78, 5) is 34.4. The van der Waals surface area contributed by atoms with Gasteiger partial charge in [-0.2, -0.15) is 8.42 Å². The van der Waals surface area contributed by atoms with Crippen molar-refractivity contribution in [1.82, 2.24) is 15.3 Å². The van der Waals surface area contributed by atoms with Gasteiger partial charge >= 0.3 is 16.5 Å². The number of nitrogens with one attached hydrogen (secondary N) is 1. The molecule has 0 radical (unpaired) electrons. The first-order chi connectivity index (χ1) is 16.2. The molecule has 0 saturated heterocycles. The van der Waals surface area contributed by atoms with Crippen LogP contribution in [0.5, 0.6) is 0 Å². The molecule has 1 aliphatic heterocycles. The molecule has 1 saturated carbocycles. The predicted octanol–water partition coefficient (Wildman–Crippen LogP) is 3.51. The minimum absolute atomic E-state index is 0.0369. The fourth-order valence-electron chi connectivity index (χ4n) is 4.18. The largest absolute Gasteiger partial charge is 0.356 e. The average molecular weight is 491 g/mol. The Balaban J connectivity index is 0.000000257. The lowest BCUT2D eigenvalue weighted by atomic mass is 9.87. The topological polar surface area (TPSA) is 116 Å². The fraction of sp³-hybridized carbons (Fsp3) is 0.542. The van der Waals surface area contributed by atoms with Crippen LogP contribution in [0.25, 0.3) is 0 Å². The lowest BCUT2D eigenvalue weighted by Gasteiger charge is -2.28. The van der Waals surface area contributed by atoms with Gasteiger partial charge < -0.3 is 5.32 Å². The molecule has 1 N–H and O–H groups in total. The number of hydrogen-bond acceptors (Lipinski definition) is 5. The number of amides is 4. The summed E-state index contributed by atoms with van der Waals surface area (Å²) in [5.41, 5.74) is 3.05. The normalized spacial score (nSPS) is 19.7. The Labute approximate surface area is 202 Å². The van der Waals surface area contributed by atoms with Gasteiger partial charge in [0.05, 0.1) is 6.54 Å².